The lowest BCUT2D eigenvalue weighted by molar-refractivity contribution is -0.122. The van der Waals surface area contributed by atoms with E-state index in [1.54, 1.807) is 0 Å². The number of benzene rings is 1. The summed E-state index contributed by atoms with van der Waals surface area (Å²) in [6.45, 7) is 4.01. The topological polar surface area (TPSA) is 64.3 Å². The molecule has 1 aromatic carbocycles. The minimum Gasteiger partial charge on any atom is -0.484 e. The predicted molar refractivity (Wildman–Crippen MR) is 71.1 cm³/mol. The molecule has 0 unspecified atom stereocenters. The van der Waals surface area contributed by atoms with Crippen LogP contribution in [0.4, 0.5) is 0 Å². The van der Waals surface area contributed by atoms with Gasteiger partial charge in [0.25, 0.3) is 5.91 Å². The molecule has 4 nitrogen and oxygen atoms in total. The maximum atomic E-state index is 11.3. The SMILES string of the molecule is C#CCNC(=O)COc1ccc([C@H](C)N)cc1C. The van der Waals surface area contributed by atoms with Gasteiger partial charge in [-0.05, 0) is 31.0 Å². The van der Waals surface area contributed by atoms with Gasteiger partial charge >= 0.3 is 0 Å². The molecule has 4 heteroatoms. The number of hydrogen-bond acceptors (Lipinski definition) is 3. The average Bonchev–Trinajstić information content (AvgIpc) is 2.34. The van der Waals surface area contributed by atoms with Crippen molar-refractivity contribution in [3.8, 4) is 18.1 Å². The van der Waals surface area contributed by atoms with Crippen molar-refractivity contribution in [1.82, 2.24) is 5.32 Å². The number of nitrogens with one attached hydrogen (secondary N) is 1. The Morgan fingerprint density at radius 1 is 1.61 bits per heavy atom. The van der Waals surface area contributed by atoms with Crippen LogP contribution in [-0.4, -0.2) is 19.1 Å². The van der Waals surface area contributed by atoms with Crippen molar-refractivity contribution in [1.29, 1.82) is 0 Å². The number of ether oxygens (including phenoxy) is 1. The van der Waals surface area contributed by atoms with Crippen LogP contribution in [0.25, 0.3) is 0 Å². The third-order valence-electron chi connectivity index (χ3n) is 2.47. The van der Waals surface area contributed by atoms with Crippen LogP contribution < -0.4 is 15.8 Å². The Morgan fingerprint density at radius 3 is 2.89 bits per heavy atom. The molecule has 0 aliphatic heterocycles. The molecule has 0 saturated carbocycles. The molecule has 0 fully saturated rings. The van der Waals surface area contributed by atoms with Gasteiger partial charge in [-0.25, -0.2) is 0 Å². The van der Waals surface area contributed by atoms with Gasteiger partial charge in [0.2, 0.25) is 0 Å². The lowest BCUT2D eigenvalue weighted by Gasteiger charge is -2.12. The number of rotatable bonds is 5. The maximum Gasteiger partial charge on any atom is 0.258 e. The summed E-state index contributed by atoms with van der Waals surface area (Å²) in [5.41, 5.74) is 7.78. The molecular formula is C14H18N2O2. The molecule has 0 heterocycles. The Labute approximate surface area is 108 Å². The van der Waals surface area contributed by atoms with E-state index in [0.717, 1.165) is 11.1 Å². The van der Waals surface area contributed by atoms with Crippen LogP contribution in [0.3, 0.4) is 0 Å². The predicted octanol–water partition coefficient (Wildman–Crippen LogP) is 1.14. The monoisotopic (exact) mass is 246 g/mol. The number of nitrogens with two attached hydrogens (primary N) is 1. The molecule has 1 amide bonds. The van der Waals surface area contributed by atoms with E-state index in [1.807, 2.05) is 32.0 Å². The van der Waals surface area contributed by atoms with Crippen LogP contribution in [0, 0.1) is 19.3 Å². The molecule has 18 heavy (non-hydrogen) atoms. The Morgan fingerprint density at radius 2 is 2.33 bits per heavy atom. The van der Waals surface area contributed by atoms with Gasteiger partial charge in [-0.15, -0.1) is 6.42 Å². The van der Waals surface area contributed by atoms with Crippen LogP contribution in [-0.2, 0) is 4.79 Å². The summed E-state index contributed by atoms with van der Waals surface area (Å²) in [5.74, 6) is 2.77. The van der Waals surface area contributed by atoms with Crippen molar-refractivity contribution >= 4 is 5.91 Å². The largest absolute Gasteiger partial charge is 0.484 e. The first-order chi connectivity index (χ1) is 8.54. The van der Waals surface area contributed by atoms with Crippen LogP contribution in [0.15, 0.2) is 18.2 Å². The van der Waals surface area contributed by atoms with Crippen molar-refractivity contribution in [3.63, 3.8) is 0 Å². The zero-order chi connectivity index (χ0) is 13.5. The fourth-order valence-electron chi connectivity index (χ4n) is 1.46. The highest BCUT2D eigenvalue weighted by atomic mass is 16.5. The molecule has 1 atom stereocenters. The van der Waals surface area contributed by atoms with E-state index in [9.17, 15) is 4.79 Å². The maximum absolute atomic E-state index is 11.3. The summed E-state index contributed by atoms with van der Waals surface area (Å²) in [4.78, 5) is 11.3. The van der Waals surface area contributed by atoms with E-state index in [4.69, 9.17) is 16.9 Å². The van der Waals surface area contributed by atoms with Gasteiger partial charge in [0.15, 0.2) is 6.61 Å². The molecule has 3 N–H and O–H groups in total. The Kier molecular flexibility index (Phi) is 5.22. The third-order valence-corrected chi connectivity index (χ3v) is 2.47. The molecule has 0 aliphatic carbocycles. The van der Waals surface area contributed by atoms with Crippen molar-refractivity contribution in [2.24, 2.45) is 5.73 Å². The van der Waals surface area contributed by atoms with Gasteiger partial charge in [-0.3, -0.25) is 4.79 Å². The Bertz CT molecular complexity index is 461. The smallest absolute Gasteiger partial charge is 0.258 e. The van der Waals surface area contributed by atoms with E-state index >= 15 is 0 Å². The lowest BCUT2D eigenvalue weighted by atomic mass is 10.1. The van der Waals surface area contributed by atoms with E-state index in [1.165, 1.54) is 0 Å². The molecule has 0 spiro atoms. The standard InChI is InChI=1S/C14H18N2O2/c1-4-7-16-14(17)9-18-13-6-5-12(11(3)15)8-10(13)2/h1,5-6,8,11H,7,9,15H2,2-3H3,(H,16,17)/t11-/m0/s1. The van der Waals surface area contributed by atoms with Crippen LogP contribution in [0.2, 0.25) is 0 Å². The van der Waals surface area contributed by atoms with E-state index < -0.39 is 0 Å². The fourth-order valence-corrected chi connectivity index (χ4v) is 1.46. The molecule has 0 radical (unpaired) electrons. The number of carbonyl (C=O) groups is 1. The summed E-state index contributed by atoms with van der Waals surface area (Å²) in [7, 11) is 0. The normalized spacial score (nSPS) is 11.4. The molecule has 0 aromatic heterocycles. The molecule has 0 bridgehead atoms. The Balaban J connectivity index is 2.58. The number of terminal acetylenes is 1. The van der Waals surface area contributed by atoms with Crippen molar-refractivity contribution < 1.29 is 9.53 Å². The van der Waals surface area contributed by atoms with Gasteiger partial charge < -0.3 is 15.8 Å². The van der Waals surface area contributed by atoms with Gasteiger partial charge in [0, 0.05) is 6.04 Å². The zero-order valence-corrected chi connectivity index (χ0v) is 10.7. The second-order valence-corrected chi connectivity index (χ2v) is 4.08. The van der Waals surface area contributed by atoms with Gasteiger partial charge in [0.1, 0.15) is 5.75 Å². The van der Waals surface area contributed by atoms with E-state index in [-0.39, 0.29) is 25.1 Å². The molecule has 0 aliphatic rings. The van der Waals surface area contributed by atoms with Crippen LogP contribution >= 0.6 is 0 Å². The summed E-state index contributed by atoms with van der Waals surface area (Å²) in [6, 6.07) is 5.66. The van der Waals surface area contributed by atoms with Crippen molar-refractivity contribution in [2.45, 2.75) is 19.9 Å². The third kappa shape index (κ3) is 4.11. The second kappa shape index (κ2) is 6.67. The molecule has 1 aromatic rings. The minimum absolute atomic E-state index is 0.0170. The highest BCUT2D eigenvalue weighted by molar-refractivity contribution is 5.77. The van der Waals surface area contributed by atoms with E-state index in [0.29, 0.717) is 5.75 Å². The van der Waals surface area contributed by atoms with Crippen molar-refractivity contribution in [2.75, 3.05) is 13.2 Å². The average molecular weight is 246 g/mol. The molecule has 0 saturated heterocycles. The first-order valence-corrected chi connectivity index (χ1v) is 5.73. The molecule has 1 rings (SSSR count). The summed E-state index contributed by atoms with van der Waals surface area (Å²) in [6.07, 6.45) is 5.04. The highest BCUT2D eigenvalue weighted by Gasteiger charge is 2.06. The van der Waals surface area contributed by atoms with Gasteiger partial charge in [-0.2, -0.15) is 0 Å². The first-order valence-electron chi connectivity index (χ1n) is 5.73. The summed E-state index contributed by atoms with van der Waals surface area (Å²) in [5, 5.41) is 2.53. The van der Waals surface area contributed by atoms with Crippen LogP contribution in [0.5, 0.6) is 5.75 Å². The van der Waals surface area contributed by atoms with Gasteiger partial charge in [-0.1, -0.05) is 18.1 Å². The molecule has 96 valence electrons. The number of hydrogen-bond donors (Lipinski definition) is 2. The zero-order valence-electron chi connectivity index (χ0n) is 10.7. The number of carbonyl (C=O) groups excluding carboxylic acids is 1. The minimum atomic E-state index is -0.233. The fraction of sp³-hybridized carbons (Fsp3) is 0.357. The number of amides is 1. The quantitative estimate of drug-likeness (QED) is 0.766. The van der Waals surface area contributed by atoms with Crippen LogP contribution in [0.1, 0.15) is 24.1 Å². The highest BCUT2D eigenvalue weighted by Crippen LogP contribution is 2.21. The van der Waals surface area contributed by atoms with E-state index in [2.05, 4.69) is 11.2 Å². The first kappa shape index (κ1) is 14.1. The van der Waals surface area contributed by atoms with Gasteiger partial charge in [0.05, 0.1) is 6.54 Å². The number of aryl methyl sites for hydroxylation is 1. The summed E-state index contributed by atoms with van der Waals surface area (Å²) < 4.78 is 5.41. The van der Waals surface area contributed by atoms with Crippen molar-refractivity contribution in [3.05, 3.63) is 29.3 Å². The summed E-state index contributed by atoms with van der Waals surface area (Å²) >= 11 is 0. The Hall–Kier alpha value is -1.99. The lowest BCUT2D eigenvalue weighted by Crippen LogP contribution is -2.29. The second-order valence-electron chi connectivity index (χ2n) is 4.08. The molecular weight excluding hydrogens is 228 g/mol.